The molecule has 1 unspecified atom stereocenters. The highest BCUT2D eigenvalue weighted by Gasteiger charge is 2.39. The number of halogens is 7. The maximum absolute atomic E-state index is 13.6. The molecule has 0 aliphatic heterocycles. The SMILES string of the molecule is CCNC(=S)NCc1ccc(C=CC(c2cc(Cl)c(Cl)c(Cl)c2)C(F)(F)F)cc1Cl. The summed E-state index contributed by atoms with van der Waals surface area (Å²) in [6, 6.07) is 7.30. The first-order valence-corrected chi connectivity index (χ1v) is 10.6. The van der Waals surface area contributed by atoms with Crippen LogP contribution in [0.3, 0.4) is 0 Å². The molecule has 2 aromatic rings. The number of allylic oxidation sites excluding steroid dienone is 1. The summed E-state index contributed by atoms with van der Waals surface area (Å²) >= 11 is 29.0. The first-order chi connectivity index (χ1) is 14.0. The molecule has 0 aliphatic rings. The Morgan fingerprint density at radius 1 is 1.03 bits per heavy atom. The Hall–Kier alpha value is -1.18. The van der Waals surface area contributed by atoms with Crippen molar-refractivity contribution in [2.75, 3.05) is 6.54 Å². The van der Waals surface area contributed by atoms with Crippen molar-refractivity contribution in [1.82, 2.24) is 10.6 Å². The van der Waals surface area contributed by atoms with E-state index in [2.05, 4.69) is 10.6 Å². The first-order valence-electron chi connectivity index (χ1n) is 8.72. The van der Waals surface area contributed by atoms with Crippen molar-refractivity contribution >= 4 is 69.8 Å². The smallest absolute Gasteiger partial charge is 0.363 e. The van der Waals surface area contributed by atoms with Gasteiger partial charge in [0.25, 0.3) is 0 Å². The Labute approximate surface area is 198 Å². The first kappa shape index (κ1) is 25.1. The summed E-state index contributed by atoms with van der Waals surface area (Å²) in [5, 5.41) is 6.77. The third-order valence-corrected chi connectivity index (χ3v) is 5.89. The molecule has 2 aromatic carbocycles. The van der Waals surface area contributed by atoms with Crippen LogP contribution in [0.25, 0.3) is 6.08 Å². The van der Waals surface area contributed by atoms with Gasteiger partial charge in [0, 0.05) is 18.1 Å². The van der Waals surface area contributed by atoms with Crippen LogP contribution in [0.1, 0.15) is 29.5 Å². The number of thiocarbonyl (C=S) groups is 1. The van der Waals surface area contributed by atoms with Gasteiger partial charge in [-0.25, -0.2) is 0 Å². The van der Waals surface area contributed by atoms with Gasteiger partial charge in [-0.2, -0.15) is 13.2 Å². The third-order valence-electron chi connectivity index (χ3n) is 4.05. The highest BCUT2D eigenvalue weighted by molar-refractivity contribution is 7.80. The molecule has 10 heteroatoms. The molecule has 1 atom stereocenters. The highest BCUT2D eigenvalue weighted by Crippen LogP contribution is 2.41. The lowest BCUT2D eigenvalue weighted by atomic mass is 9.97. The monoisotopic (exact) mass is 514 g/mol. The van der Waals surface area contributed by atoms with E-state index in [-0.39, 0.29) is 20.6 Å². The molecule has 2 N–H and O–H groups in total. The van der Waals surface area contributed by atoms with Crippen LogP contribution in [0.15, 0.2) is 36.4 Å². The van der Waals surface area contributed by atoms with Gasteiger partial charge in [0.2, 0.25) is 0 Å². The molecule has 0 saturated heterocycles. The molecule has 0 fully saturated rings. The van der Waals surface area contributed by atoms with Crippen LogP contribution in [-0.2, 0) is 6.54 Å². The average Bonchev–Trinajstić information content (AvgIpc) is 2.64. The van der Waals surface area contributed by atoms with Gasteiger partial charge in [-0.1, -0.05) is 70.7 Å². The molecular weight excluding hydrogens is 499 g/mol. The molecule has 30 heavy (non-hydrogen) atoms. The summed E-state index contributed by atoms with van der Waals surface area (Å²) in [6.07, 6.45) is -2.17. The van der Waals surface area contributed by atoms with Gasteiger partial charge in [0.05, 0.1) is 21.0 Å². The molecule has 0 bridgehead atoms. The van der Waals surface area contributed by atoms with Crippen LogP contribution in [-0.4, -0.2) is 17.8 Å². The Bertz CT molecular complexity index is 925. The molecule has 0 heterocycles. The zero-order chi connectivity index (χ0) is 22.5. The second-order valence-corrected chi connectivity index (χ2v) is 8.25. The molecule has 2 nitrogen and oxygen atoms in total. The second-order valence-electron chi connectivity index (χ2n) is 6.24. The maximum atomic E-state index is 13.6. The Kier molecular flexibility index (Phi) is 9.13. The van der Waals surface area contributed by atoms with E-state index in [0.29, 0.717) is 28.8 Å². The van der Waals surface area contributed by atoms with Crippen molar-refractivity contribution in [3.63, 3.8) is 0 Å². The molecule has 0 saturated carbocycles. The van der Waals surface area contributed by atoms with E-state index in [1.54, 1.807) is 18.2 Å². The Morgan fingerprint density at radius 2 is 1.67 bits per heavy atom. The van der Waals surface area contributed by atoms with E-state index in [1.807, 2.05) is 6.92 Å². The number of rotatable bonds is 6. The normalized spacial score (nSPS) is 12.8. The number of benzene rings is 2. The number of alkyl halides is 3. The molecule has 0 amide bonds. The standard InChI is InChI=1S/C20H17Cl4F3N2S/c1-2-28-19(30)29-10-12-5-3-11(7-15(12)21)4-6-14(20(25,26)27)13-8-16(22)18(24)17(23)9-13/h3-9,14H,2,10H2,1H3,(H2,28,29,30). The maximum Gasteiger partial charge on any atom is 0.399 e. The third kappa shape index (κ3) is 6.92. The van der Waals surface area contributed by atoms with Crippen molar-refractivity contribution < 1.29 is 13.2 Å². The van der Waals surface area contributed by atoms with Crippen molar-refractivity contribution in [3.05, 3.63) is 73.2 Å². The summed E-state index contributed by atoms with van der Waals surface area (Å²) < 4.78 is 40.9. The second kappa shape index (κ2) is 10.9. The Morgan fingerprint density at radius 3 is 2.20 bits per heavy atom. The highest BCUT2D eigenvalue weighted by atomic mass is 35.5. The number of nitrogens with one attached hydrogen (secondary N) is 2. The minimum absolute atomic E-state index is 0.0107. The lowest BCUT2D eigenvalue weighted by Gasteiger charge is -2.18. The summed E-state index contributed by atoms with van der Waals surface area (Å²) in [6.45, 7) is 3.00. The van der Waals surface area contributed by atoms with Gasteiger partial charge in [-0.15, -0.1) is 0 Å². The van der Waals surface area contributed by atoms with Gasteiger partial charge in [-0.3, -0.25) is 0 Å². The van der Waals surface area contributed by atoms with Gasteiger partial charge in [0.1, 0.15) is 0 Å². The minimum atomic E-state index is -4.55. The van der Waals surface area contributed by atoms with Crippen LogP contribution in [0.2, 0.25) is 20.1 Å². The fourth-order valence-electron chi connectivity index (χ4n) is 2.58. The topological polar surface area (TPSA) is 24.1 Å². The van der Waals surface area contributed by atoms with E-state index in [1.165, 1.54) is 6.08 Å². The van der Waals surface area contributed by atoms with Gasteiger partial charge < -0.3 is 10.6 Å². The summed E-state index contributed by atoms with van der Waals surface area (Å²) in [4.78, 5) is 0. The van der Waals surface area contributed by atoms with Crippen LogP contribution in [0.5, 0.6) is 0 Å². The summed E-state index contributed by atoms with van der Waals surface area (Å²) in [7, 11) is 0. The zero-order valence-corrected chi connectivity index (χ0v) is 19.4. The lowest BCUT2D eigenvalue weighted by molar-refractivity contribution is -0.139. The van der Waals surface area contributed by atoms with E-state index in [0.717, 1.165) is 23.8 Å². The molecule has 0 aliphatic carbocycles. The van der Waals surface area contributed by atoms with E-state index < -0.39 is 12.1 Å². The Balaban J connectivity index is 2.24. The summed E-state index contributed by atoms with van der Waals surface area (Å²) in [5.74, 6) is -1.91. The fraction of sp³-hybridized carbons (Fsp3) is 0.250. The quantitative estimate of drug-likeness (QED) is 0.305. The molecular formula is C20H17Cl4F3N2S. The van der Waals surface area contributed by atoms with Crippen molar-refractivity contribution in [3.8, 4) is 0 Å². The van der Waals surface area contributed by atoms with Crippen molar-refractivity contribution in [2.24, 2.45) is 0 Å². The van der Waals surface area contributed by atoms with Gasteiger partial charge >= 0.3 is 6.18 Å². The number of hydrogen-bond donors (Lipinski definition) is 2. The number of hydrogen-bond acceptors (Lipinski definition) is 1. The van der Waals surface area contributed by atoms with E-state index >= 15 is 0 Å². The molecule has 0 radical (unpaired) electrons. The van der Waals surface area contributed by atoms with Crippen molar-refractivity contribution in [1.29, 1.82) is 0 Å². The van der Waals surface area contributed by atoms with Crippen LogP contribution < -0.4 is 10.6 Å². The molecule has 0 spiro atoms. The fourth-order valence-corrected chi connectivity index (χ4v) is 3.67. The van der Waals surface area contributed by atoms with Crippen molar-refractivity contribution in [2.45, 2.75) is 25.6 Å². The summed E-state index contributed by atoms with van der Waals surface area (Å²) in [5.41, 5.74) is 1.16. The molecule has 2 rings (SSSR count). The van der Waals surface area contributed by atoms with E-state index in [9.17, 15) is 13.2 Å². The predicted molar refractivity (Wildman–Crippen MR) is 124 cm³/mol. The lowest BCUT2D eigenvalue weighted by Crippen LogP contribution is -2.34. The molecule has 0 aromatic heterocycles. The van der Waals surface area contributed by atoms with E-state index in [4.69, 9.17) is 58.6 Å². The largest absolute Gasteiger partial charge is 0.399 e. The minimum Gasteiger partial charge on any atom is -0.363 e. The average molecular weight is 516 g/mol. The molecule has 162 valence electrons. The predicted octanol–water partition coefficient (Wildman–Crippen LogP) is 7.64. The van der Waals surface area contributed by atoms with Crippen LogP contribution in [0, 0.1) is 0 Å². The van der Waals surface area contributed by atoms with Crippen LogP contribution in [0.4, 0.5) is 13.2 Å². The van der Waals surface area contributed by atoms with Gasteiger partial charge in [0.15, 0.2) is 5.11 Å². The zero-order valence-electron chi connectivity index (χ0n) is 15.6. The van der Waals surface area contributed by atoms with Gasteiger partial charge in [-0.05, 0) is 54.0 Å². The van der Waals surface area contributed by atoms with Crippen LogP contribution >= 0.6 is 58.6 Å².